The van der Waals surface area contributed by atoms with Gasteiger partial charge in [-0.05, 0) is 43.8 Å². The van der Waals surface area contributed by atoms with E-state index in [0.29, 0.717) is 6.04 Å². The smallest absolute Gasteiger partial charge is 0.121 e. The molecule has 1 heterocycles. The van der Waals surface area contributed by atoms with Crippen LogP contribution in [0.15, 0.2) is 41.8 Å². The summed E-state index contributed by atoms with van der Waals surface area (Å²) >= 11 is 1.77. The fourth-order valence-electron chi connectivity index (χ4n) is 1.83. The third kappa shape index (κ3) is 4.00. The third-order valence-corrected chi connectivity index (χ3v) is 4.15. The van der Waals surface area contributed by atoms with Crippen molar-refractivity contribution in [1.29, 1.82) is 0 Å². The normalized spacial score (nSPS) is 13.8. The molecule has 0 bridgehead atoms. The van der Waals surface area contributed by atoms with Crippen LogP contribution in [0.1, 0.15) is 38.1 Å². The van der Waals surface area contributed by atoms with Crippen molar-refractivity contribution in [2.45, 2.75) is 39.3 Å². The van der Waals surface area contributed by atoms with Gasteiger partial charge < -0.3 is 10.1 Å². The average Bonchev–Trinajstić information content (AvgIpc) is 2.93. The molecule has 2 nitrogen and oxygen atoms in total. The summed E-state index contributed by atoms with van der Waals surface area (Å²) < 4.78 is 5.84. The molecular formula is C16H21NOS. The van der Waals surface area contributed by atoms with Crippen LogP contribution >= 0.6 is 11.3 Å². The summed E-state index contributed by atoms with van der Waals surface area (Å²) in [6.07, 6.45) is 1.27. The first-order valence-electron chi connectivity index (χ1n) is 6.75. The molecular weight excluding hydrogens is 254 g/mol. The molecule has 0 saturated heterocycles. The molecule has 0 radical (unpaired) electrons. The first kappa shape index (κ1) is 13.9. The van der Waals surface area contributed by atoms with E-state index >= 15 is 0 Å². The van der Waals surface area contributed by atoms with Gasteiger partial charge in [0.15, 0.2) is 0 Å². The number of hydrogen-bond donors (Lipinski definition) is 1. The fourth-order valence-corrected chi connectivity index (χ4v) is 2.57. The second-order valence-electron chi connectivity index (χ2n) is 4.75. The Morgan fingerprint density at radius 3 is 2.74 bits per heavy atom. The van der Waals surface area contributed by atoms with Crippen molar-refractivity contribution in [2.75, 3.05) is 5.32 Å². The van der Waals surface area contributed by atoms with Crippen LogP contribution in [0.5, 0.6) is 5.75 Å². The Morgan fingerprint density at radius 1 is 1.21 bits per heavy atom. The van der Waals surface area contributed by atoms with E-state index in [-0.39, 0.29) is 6.10 Å². The quantitative estimate of drug-likeness (QED) is 0.792. The molecule has 0 aliphatic heterocycles. The molecule has 102 valence electrons. The Labute approximate surface area is 119 Å². The second kappa shape index (κ2) is 6.62. The number of thiophene rings is 1. The lowest BCUT2D eigenvalue weighted by atomic mass is 10.2. The van der Waals surface area contributed by atoms with Gasteiger partial charge in [0.05, 0.1) is 12.1 Å². The van der Waals surface area contributed by atoms with Crippen LogP contribution in [-0.4, -0.2) is 6.10 Å². The van der Waals surface area contributed by atoms with Crippen molar-refractivity contribution in [3.05, 3.63) is 46.7 Å². The van der Waals surface area contributed by atoms with Crippen LogP contribution in [0.2, 0.25) is 0 Å². The standard InChI is InChI=1S/C16H21NOS/c1-4-12(2)18-15-8-5-7-14(11-15)17-13(3)16-9-6-10-19-16/h5-13,17H,4H2,1-3H3. The van der Waals surface area contributed by atoms with Gasteiger partial charge >= 0.3 is 0 Å². The third-order valence-electron chi connectivity index (χ3n) is 3.10. The number of hydrogen-bond acceptors (Lipinski definition) is 3. The SMILES string of the molecule is CCC(C)Oc1cccc(NC(C)c2cccs2)c1. The molecule has 0 aliphatic rings. The van der Waals surface area contributed by atoms with Crippen LogP contribution in [0.3, 0.4) is 0 Å². The summed E-state index contributed by atoms with van der Waals surface area (Å²) in [5.74, 6) is 0.928. The van der Waals surface area contributed by atoms with Gasteiger partial charge in [0, 0.05) is 16.6 Å². The lowest BCUT2D eigenvalue weighted by Crippen LogP contribution is -2.10. The minimum absolute atomic E-state index is 0.255. The monoisotopic (exact) mass is 275 g/mol. The highest BCUT2D eigenvalue weighted by Crippen LogP contribution is 2.25. The van der Waals surface area contributed by atoms with Gasteiger partial charge in [-0.3, -0.25) is 0 Å². The molecule has 2 aromatic rings. The topological polar surface area (TPSA) is 21.3 Å². The van der Waals surface area contributed by atoms with Gasteiger partial charge in [0.25, 0.3) is 0 Å². The Kier molecular flexibility index (Phi) is 4.86. The van der Waals surface area contributed by atoms with Crippen molar-refractivity contribution in [3.8, 4) is 5.75 Å². The first-order chi connectivity index (χ1) is 9.19. The van der Waals surface area contributed by atoms with Crippen LogP contribution in [0.25, 0.3) is 0 Å². The zero-order chi connectivity index (χ0) is 13.7. The van der Waals surface area contributed by atoms with E-state index in [1.807, 2.05) is 12.1 Å². The fraction of sp³-hybridized carbons (Fsp3) is 0.375. The summed E-state index contributed by atoms with van der Waals surface area (Å²) in [6, 6.07) is 12.7. The van der Waals surface area contributed by atoms with Crippen LogP contribution in [-0.2, 0) is 0 Å². The summed E-state index contributed by atoms with van der Waals surface area (Å²) in [4.78, 5) is 1.34. The van der Waals surface area contributed by atoms with Crippen molar-refractivity contribution in [3.63, 3.8) is 0 Å². The van der Waals surface area contributed by atoms with Gasteiger partial charge in [0.2, 0.25) is 0 Å². The van der Waals surface area contributed by atoms with Gasteiger partial charge in [-0.2, -0.15) is 0 Å². The summed E-state index contributed by atoms with van der Waals surface area (Å²) in [5, 5.41) is 5.61. The van der Waals surface area contributed by atoms with E-state index in [9.17, 15) is 0 Å². The van der Waals surface area contributed by atoms with E-state index < -0.39 is 0 Å². The minimum Gasteiger partial charge on any atom is -0.491 e. The Balaban J connectivity index is 2.02. The Morgan fingerprint density at radius 2 is 2.05 bits per heavy atom. The zero-order valence-corrected chi connectivity index (χ0v) is 12.5. The van der Waals surface area contributed by atoms with Gasteiger partial charge in [-0.15, -0.1) is 11.3 Å². The maximum Gasteiger partial charge on any atom is 0.121 e. The maximum absolute atomic E-state index is 5.84. The zero-order valence-electron chi connectivity index (χ0n) is 11.7. The lowest BCUT2D eigenvalue weighted by Gasteiger charge is -2.16. The van der Waals surface area contributed by atoms with E-state index in [1.54, 1.807) is 11.3 Å². The number of benzene rings is 1. The molecule has 0 saturated carbocycles. The Hall–Kier alpha value is -1.48. The summed E-state index contributed by atoms with van der Waals surface area (Å²) in [5.41, 5.74) is 1.10. The molecule has 1 N–H and O–H groups in total. The molecule has 0 spiro atoms. The van der Waals surface area contributed by atoms with E-state index in [0.717, 1.165) is 17.9 Å². The molecule has 3 heteroatoms. The van der Waals surface area contributed by atoms with Gasteiger partial charge in [-0.25, -0.2) is 0 Å². The van der Waals surface area contributed by atoms with Gasteiger partial charge in [-0.1, -0.05) is 19.1 Å². The number of anilines is 1. The van der Waals surface area contributed by atoms with Crippen molar-refractivity contribution in [2.24, 2.45) is 0 Å². The number of nitrogens with one attached hydrogen (secondary N) is 1. The van der Waals surface area contributed by atoms with E-state index in [4.69, 9.17) is 4.74 Å². The van der Waals surface area contributed by atoms with Crippen LogP contribution in [0.4, 0.5) is 5.69 Å². The molecule has 1 aromatic heterocycles. The number of rotatable bonds is 6. The van der Waals surface area contributed by atoms with E-state index in [1.165, 1.54) is 4.88 Å². The molecule has 2 unspecified atom stereocenters. The maximum atomic E-state index is 5.84. The average molecular weight is 275 g/mol. The lowest BCUT2D eigenvalue weighted by molar-refractivity contribution is 0.217. The molecule has 1 aromatic carbocycles. The molecule has 19 heavy (non-hydrogen) atoms. The van der Waals surface area contributed by atoms with Crippen molar-refractivity contribution >= 4 is 17.0 Å². The highest BCUT2D eigenvalue weighted by molar-refractivity contribution is 7.10. The number of ether oxygens (including phenoxy) is 1. The second-order valence-corrected chi connectivity index (χ2v) is 5.73. The van der Waals surface area contributed by atoms with Crippen LogP contribution in [0, 0.1) is 0 Å². The molecule has 0 amide bonds. The molecule has 2 rings (SSSR count). The van der Waals surface area contributed by atoms with Crippen LogP contribution < -0.4 is 10.1 Å². The van der Waals surface area contributed by atoms with Crippen molar-refractivity contribution in [1.82, 2.24) is 0 Å². The van der Waals surface area contributed by atoms with Gasteiger partial charge in [0.1, 0.15) is 5.75 Å². The molecule has 0 fully saturated rings. The highest BCUT2D eigenvalue weighted by atomic mass is 32.1. The summed E-state index contributed by atoms with van der Waals surface area (Å²) in [7, 11) is 0. The van der Waals surface area contributed by atoms with Crippen molar-refractivity contribution < 1.29 is 4.74 Å². The molecule has 2 atom stereocenters. The summed E-state index contributed by atoms with van der Waals surface area (Å²) in [6.45, 7) is 6.40. The minimum atomic E-state index is 0.255. The predicted octanol–water partition coefficient (Wildman–Crippen LogP) is 5.10. The van der Waals surface area contributed by atoms with E-state index in [2.05, 4.69) is 55.7 Å². The molecule has 0 aliphatic carbocycles. The first-order valence-corrected chi connectivity index (χ1v) is 7.63. The predicted molar refractivity (Wildman–Crippen MR) is 83.2 cm³/mol. The Bertz CT molecular complexity index is 495. The largest absolute Gasteiger partial charge is 0.491 e. The highest BCUT2D eigenvalue weighted by Gasteiger charge is 2.07.